The van der Waals surface area contributed by atoms with Crippen LogP contribution in [0.2, 0.25) is 0 Å². The normalized spacial score (nSPS) is 34.8. The summed E-state index contributed by atoms with van der Waals surface area (Å²) in [6.07, 6.45) is 9.99. The Balaban J connectivity index is 1.76. The lowest BCUT2D eigenvalue weighted by Gasteiger charge is -2.42. The number of ether oxygens (including phenoxy) is 1. The predicted octanol–water partition coefficient (Wildman–Crippen LogP) is 3.68. The molecule has 1 nitrogen and oxygen atoms in total. The topological polar surface area (TPSA) is 9.23 Å². The van der Waals surface area contributed by atoms with Gasteiger partial charge in [-0.05, 0) is 37.4 Å². The van der Waals surface area contributed by atoms with Gasteiger partial charge in [0.15, 0.2) is 0 Å². The van der Waals surface area contributed by atoms with E-state index in [2.05, 4.69) is 19.6 Å². The zero-order chi connectivity index (χ0) is 10.7. The fraction of sp³-hybridized carbons (Fsp3) is 1.00. The Morgan fingerprint density at radius 1 is 1.20 bits per heavy atom. The average Bonchev–Trinajstić information content (AvgIpc) is 2.19. The van der Waals surface area contributed by atoms with Gasteiger partial charge < -0.3 is 4.74 Å². The maximum Gasteiger partial charge on any atom is 0.0600 e. The predicted molar refractivity (Wildman–Crippen MR) is 67.5 cm³/mol. The van der Waals surface area contributed by atoms with Crippen LogP contribution in [-0.2, 0) is 4.74 Å². The molecule has 2 fully saturated rings. The first kappa shape index (κ1) is 11.8. The summed E-state index contributed by atoms with van der Waals surface area (Å²) in [7, 11) is 0. The van der Waals surface area contributed by atoms with E-state index < -0.39 is 0 Å². The summed E-state index contributed by atoms with van der Waals surface area (Å²) in [5, 5.41) is 0. The molecular formula is C13H24OS. The van der Waals surface area contributed by atoms with Gasteiger partial charge >= 0.3 is 0 Å². The Morgan fingerprint density at radius 3 is 2.47 bits per heavy atom. The van der Waals surface area contributed by atoms with Gasteiger partial charge in [-0.1, -0.05) is 26.2 Å². The molecule has 0 heterocycles. The van der Waals surface area contributed by atoms with Gasteiger partial charge in [0.2, 0.25) is 0 Å². The van der Waals surface area contributed by atoms with E-state index in [-0.39, 0.29) is 0 Å². The average molecular weight is 228 g/mol. The lowest BCUT2D eigenvalue weighted by Crippen LogP contribution is -2.39. The summed E-state index contributed by atoms with van der Waals surface area (Å²) in [6.45, 7) is 3.31. The Kier molecular flexibility index (Phi) is 4.00. The quantitative estimate of drug-likeness (QED) is 0.722. The van der Waals surface area contributed by atoms with Crippen molar-refractivity contribution in [3.05, 3.63) is 0 Å². The minimum Gasteiger partial charge on any atom is -0.377 e. The first-order chi connectivity index (χ1) is 7.26. The van der Waals surface area contributed by atoms with Gasteiger partial charge in [0.05, 0.1) is 12.7 Å². The highest BCUT2D eigenvalue weighted by Gasteiger charge is 2.37. The lowest BCUT2D eigenvalue weighted by molar-refractivity contribution is -0.0647. The number of hydrogen-bond acceptors (Lipinski definition) is 2. The summed E-state index contributed by atoms with van der Waals surface area (Å²) in [5.74, 6) is 1.78. The molecule has 2 saturated carbocycles. The third kappa shape index (κ3) is 2.71. The molecule has 2 heteroatoms. The molecule has 0 saturated heterocycles. The third-order valence-corrected chi connectivity index (χ3v) is 5.06. The van der Waals surface area contributed by atoms with Crippen molar-refractivity contribution in [2.75, 3.05) is 12.4 Å². The highest BCUT2D eigenvalue weighted by atomic mass is 32.1. The zero-order valence-electron chi connectivity index (χ0n) is 9.87. The van der Waals surface area contributed by atoms with Gasteiger partial charge in [0.1, 0.15) is 0 Å². The van der Waals surface area contributed by atoms with Crippen LogP contribution in [0.3, 0.4) is 0 Å². The molecule has 0 aromatic rings. The molecule has 2 atom stereocenters. The molecule has 0 amide bonds. The van der Waals surface area contributed by atoms with Gasteiger partial charge in [-0.25, -0.2) is 0 Å². The Hall–Kier alpha value is 0.310. The lowest BCUT2D eigenvalue weighted by atomic mass is 9.71. The van der Waals surface area contributed by atoms with Crippen molar-refractivity contribution in [1.82, 2.24) is 0 Å². The first-order valence-corrected chi connectivity index (χ1v) is 7.11. The molecule has 2 rings (SSSR count). The molecular weight excluding hydrogens is 204 g/mol. The molecule has 0 aromatic heterocycles. The van der Waals surface area contributed by atoms with Gasteiger partial charge in [0, 0.05) is 5.41 Å². The minimum absolute atomic E-state index is 0.445. The van der Waals surface area contributed by atoms with Gasteiger partial charge in [0.25, 0.3) is 0 Å². The molecule has 88 valence electrons. The summed E-state index contributed by atoms with van der Waals surface area (Å²) in [6, 6.07) is 0. The fourth-order valence-corrected chi connectivity index (χ4v) is 3.25. The highest BCUT2D eigenvalue weighted by Crippen LogP contribution is 2.42. The van der Waals surface area contributed by atoms with Crippen LogP contribution in [-0.4, -0.2) is 18.5 Å². The van der Waals surface area contributed by atoms with E-state index in [1.54, 1.807) is 0 Å². The summed E-state index contributed by atoms with van der Waals surface area (Å²) >= 11 is 4.47. The molecule has 0 bridgehead atoms. The second-order valence-corrected chi connectivity index (χ2v) is 5.94. The molecule has 0 spiro atoms. The van der Waals surface area contributed by atoms with Crippen molar-refractivity contribution < 1.29 is 4.74 Å². The highest BCUT2D eigenvalue weighted by molar-refractivity contribution is 7.80. The van der Waals surface area contributed by atoms with Gasteiger partial charge in [-0.2, -0.15) is 12.6 Å². The number of hydrogen-bond donors (Lipinski definition) is 1. The zero-order valence-corrected chi connectivity index (χ0v) is 10.8. The fourth-order valence-electron chi connectivity index (χ4n) is 2.84. The monoisotopic (exact) mass is 228 g/mol. The van der Waals surface area contributed by atoms with Crippen LogP contribution in [0.1, 0.15) is 51.9 Å². The van der Waals surface area contributed by atoms with Crippen molar-refractivity contribution in [2.45, 2.75) is 58.0 Å². The molecule has 0 N–H and O–H groups in total. The summed E-state index contributed by atoms with van der Waals surface area (Å²) in [4.78, 5) is 0. The summed E-state index contributed by atoms with van der Waals surface area (Å²) in [5.41, 5.74) is 0.445. The molecule has 15 heavy (non-hydrogen) atoms. The SMILES string of the molecule is CC1CCCCC1OCC1(CS)CCC1. The Bertz CT molecular complexity index is 195. The van der Waals surface area contributed by atoms with E-state index in [4.69, 9.17) is 4.74 Å². The van der Waals surface area contributed by atoms with E-state index in [1.165, 1.54) is 44.9 Å². The van der Waals surface area contributed by atoms with Crippen LogP contribution in [0.5, 0.6) is 0 Å². The van der Waals surface area contributed by atoms with Crippen LogP contribution in [0.4, 0.5) is 0 Å². The van der Waals surface area contributed by atoms with Crippen LogP contribution in [0.25, 0.3) is 0 Å². The smallest absolute Gasteiger partial charge is 0.0600 e. The largest absolute Gasteiger partial charge is 0.377 e. The maximum absolute atomic E-state index is 6.14. The van der Waals surface area contributed by atoms with Crippen molar-refractivity contribution in [3.63, 3.8) is 0 Å². The molecule has 2 aliphatic rings. The van der Waals surface area contributed by atoms with E-state index in [0.717, 1.165) is 18.3 Å². The van der Waals surface area contributed by atoms with E-state index in [1.807, 2.05) is 0 Å². The molecule has 0 aliphatic heterocycles. The Morgan fingerprint density at radius 2 is 1.93 bits per heavy atom. The first-order valence-electron chi connectivity index (χ1n) is 6.48. The van der Waals surface area contributed by atoms with Crippen molar-refractivity contribution >= 4 is 12.6 Å². The van der Waals surface area contributed by atoms with Crippen LogP contribution in [0.15, 0.2) is 0 Å². The molecule has 2 aliphatic carbocycles. The van der Waals surface area contributed by atoms with E-state index in [0.29, 0.717) is 11.5 Å². The minimum atomic E-state index is 0.445. The van der Waals surface area contributed by atoms with Gasteiger partial charge in [-0.15, -0.1) is 0 Å². The maximum atomic E-state index is 6.14. The van der Waals surface area contributed by atoms with Gasteiger partial charge in [-0.3, -0.25) is 0 Å². The molecule has 2 unspecified atom stereocenters. The molecule has 0 aromatic carbocycles. The van der Waals surface area contributed by atoms with E-state index >= 15 is 0 Å². The second-order valence-electron chi connectivity index (χ2n) is 5.62. The van der Waals surface area contributed by atoms with Crippen LogP contribution in [0, 0.1) is 11.3 Å². The number of rotatable bonds is 4. The third-order valence-electron chi connectivity index (χ3n) is 4.39. The van der Waals surface area contributed by atoms with Crippen molar-refractivity contribution in [2.24, 2.45) is 11.3 Å². The van der Waals surface area contributed by atoms with Crippen LogP contribution < -0.4 is 0 Å². The molecule has 0 radical (unpaired) electrons. The van der Waals surface area contributed by atoms with Crippen LogP contribution >= 0.6 is 12.6 Å². The number of thiol groups is 1. The van der Waals surface area contributed by atoms with E-state index in [9.17, 15) is 0 Å². The van der Waals surface area contributed by atoms with Crippen molar-refractivity contribution in [1.29, 1.82) is 0 Å². The summed E-state index contributed by atoms with van der Waals surface area (Å²) < 4.78 is 6.14. The second kappa shape index (κ2) is 5.09. The standard InChI is InChI=1S/C13H24OS/c1-11-5-2-3-6-12(11)14-9-13(10-15)7-4-8-13/h11-12,15H,2-10H2,1H3. The van der Waals surface area contributed by atoms with Crippen molar-refractivity contribution in [3.8, 4) is 0 Å². The Labute approximate surface area is 99.4 Å².